The standard InChI is InChI=1S/C26H27N5O5/c1-17-11-19(15-33-2)20(13-27)26(29-17)31-28-14-18-9-10-23(24(12-18)35-4)36-16-25(32)30-21-7-5-6-8-22(21)34-3/h5-12,14H,15-16H2,1-4H3,(H,29,31)(H,30,32)/b28-14+. The quantitative estimate of drug-likeness (QED) is 0.307. The van der Waals surface area contributed by atoms with E-state index in [0.717, 1.165) is 11.3 Å². The second-order valence-electron chi connectivity index (χ2n) is 7.51. The number of ether oxygens (including phenoxy) is 4. The first kappa shape index (κ1) is 26.0. The number of benzene rings is 2. The molecule has 0 spiro atoms. The number of rotatable bonds is 11. The molecule has 3 aromatic rings. The number of anilines is 2. The van der Waals surface area contributed by atoms with E-state index in [2.05, 4.69) is 26.9 Å². The van der Waals surface area contributed by atoms with E-state index in [1.165, 1.54) is 14.2 Å². The van der Waals surface area contributed by atoms with Crippen LogP contribution in [0.3, 0.4) is 0 Å². The van der Waals surface area contributed by atoms with E-state index < -0.39 is 0 Å². The second kappa shape index (κ2) is 12.7. The van der Waals surface area contributed by atoms with Gasteiger partial charge in [0.05, 0.1) is 32.7 Å². The van der Waals surface area contributed by atoms with Crippen molar-refractivity contribution in [2.24, 2.45) is 5.10 Å². The van der Waals surface area contributed by atoms with Gasteiger partial charge in [0, 0.05) is 18.4 Å². The van der Waals surface area contributed by atoms with Crippen molar-refractivity contribution in [2.45, 2.75) is 13.5 Å². The van der Waals surface area contributed by atoms with Gasteiger partial charge in [-0.25, -0.2) is 4.98 Å². The summed E-state index contributed by atoms with van der Waals surface area (Å²) in [6.45, 7) is 1.90. The zero-order valence-corrected chi connectivity index (χ0v) is 20.5. The number of aryl methyl sites for hydroxylation is 1. The Balaban J connectivity index is 1.66. The Bertz CT molecular complexity index is 1290. The van der Waals surface area contributed by atoms with Crippen LogP contribution < -0.4 is 25.0 Å². The molecule has 10 nitrogen and oxygen atoms in total. The molecule has 186 valence electrons. The SMILES string of the molecule is COCc1cc(C)nc(N/N=C/c2ccc(OCC(=O)Nc3ccccc3OC)c(OC)c2)c1C#N. The molecule has 0 saturated carbocycles. The Hall–Kier alpha value is -4.62. The summed E-state index contributed by atoms with van der Waals surface area (Å²) in [5, 5.41) is 16.5. The van der Waals surface area contributed by atoms with Crippen molar-refractivity contribution in [1.82, 2.24) is 4.98 Å². The van der Waals surface area contributed by atoms with Crippen molar-refractivity contribution in [3.8, 4) is 23.3 Å². The van der Waals surface area contributed by atoms with Crippen molar-refractivity contribution < 1.29 is 23.7 Å². The number of hydrazone groups is 1. The summed E-state index contributed by atoms with van der Waals surface area (Å²) in [5.41, 5.74) is 5.90. The number of hydrogen-bond acceptors (Lipinski definition) is 9. The molecule has 0 bridgehead atoms. The summed E-state index contributed by atoms with van der Waals surface area (Å²) in [4.78, 5) is 16.7. The molecule has 36 heavy (non-hydrogen) atoms. The molecule has 1 aromatic heterocycles. The Morgan fingerprint density at radius 1 is 1.08 bits per heavy atom. The fourth-order valence-electron chi connectivity index (χ4n) is 3.35. The highest BCUT2D eigenvalue weighted by atomic mass is 16.5. The van der Waals surface area contributed by atoms with Gasteiger partial charge < -0.3 is 24.3 Å². The van der Waals surface area contributed by atoms with Gasteiger partial charge in [-0.3, -0.25) is 10.2 Å². The highest BCUT2D eigenvalue weighted by Gasteiger charge is 2.12. The Morgan fingerprint density at radius 3 is 2.58 bits per heavy atom. The number of aromatic nitrogens is 1. The molecule has 3 rings (SSSR count). The molecule has 0 fully saturated rings. The molecule has 0 saturated heterocycles. The third-order valence-corrected chi connectivity index (χ3v) is 4.95. The molecule has 10 heteroatoms. The highest BCUT2D eigenvalue weighted by Crippen LogP contribution is 2.28. The van der Waals surface area contributed by atoms with Gasteiger partial charge >= 0.3 is 0 Å². The maximum atomic E-state index is 12.3. The monoisotopic (exact) mass is 489 g/mol. The first-order chi connectivity index (χ1) is 17.5. The second-order valence-corrected chi connectivity index (χ2v) is 7.51. The Labute approximate surface area is 209 Å². The average Bonchev–Trinajstić information content (AvgIpc) is 2.88. The molecule has 0 unspecified atom stereocenters. The third kappa shape index (κ3) is 6.71. The van der Waals surface area contributed by atoms with Gasteiger partial charge in [0.25, 0.3) is 5.91 Å². The minimum absolute atomic E-state index is 0.219. The average molecular weight is 490 g/mol. The molecule has 2 N–H and O–H groups in total. The fourth-order valence-corrected chi connectivity index (χ4v) is 3.35. The van der Waals surface area contributed by atoms with Crippen LogP contribution in [0.25, 0.3) is 0 Å². The molecule has 0 aliphatic rings. The molecular formula is C26H27N5O5. The summed E-state index contributed by atoms with van der Waals surface area (Å²) in [6, 6.07) is 16.2. The lowest BCUT2D eigenvalue weighted by Crippen LogP contribution is -2.20. The molecule has 2 aromatic carbocycles. The summed E-state index contributed by atoms with van der Waals surface area (Å²) in [7, 11) is 4.60. The van der Waals surface area contributed by atoms with E-state index in [4.69, 9.17) is 18.9 Å². The van der Waals surface area contributed by atoms with Crippen molar-refractivity contribution in [3.05, 3.63) is 70.9 Å². The number of amides is 1. The minimum atomic E-state index is -0.344. The van der Waals surface area contributed by atoms with Gasteiger partial charge in [0.1, 0.15) is 17.4 Å². The van der Waals surface area contributed by atoms with Crippen molar-refractivity contribution >= 4 is 23.6 Å². The van der Waals surface area contributed by atoms with Crippen molar-refractivity contribution in [1.29, 1.82) is 5.26 Å². The maximum Gasteiger partial charge on any atom is 0.262 e. The van der Waals surface area contributed by atoms with E-state index in [-0.39, 0.29) is 12.5 Å². The van der Waals surface area contributed by atoms with Gasteiger partial charge in [0.2, 0.25) is 0 Å². The maximum absolute atomic E-state index is 12.3. The Kier molecular flexibility index (Phi) is 9.19. The predicted molar refractivity (Wildman–Crippen MR) is 136 cm³/mol. The first-order valence-corrected chi connectivity index (χ1v) is 10.9. The molecule has 0 aliphatic heterocycles. The van der Waals surface area contributed by atoms with Crippen LogP contribution >= 0.6 is 0 Å². The van der Waals surface area contributed by atoms with Gasteiger partial charge in [-0.1, -0.05) is 12.1 Å². The third-order valence-electron chi connectivity index (χ3n) is 4.95. The number of carbonyl (C=O) groups is 1. The number of carbonyl (C=O) groups excluding carboxylic acids is 1. The highest BCUT2D eigenvalue weighted by molar-refractivity contribution is 5.93. The minimum Gasteiger partial charge on any atom is -0.495 e. The van der Waals surface area contributed by atoms with Crippen LogP contribution in [0.4, 0.5) is 11.5 Å². The number of nitrogens with one attached hydrogen (secondary N) is 2. The van der Waals surface area contributed by atoms with E-state index >= 15 is 0 Å². The van der Waals surface area contributed by atoms with Crippen LogP contribution in [0, 0.1) is 18.3 Å². The number of nitriles is 1. The van der Waals surface area contributed by atoms with E-state index in [1.807, 2.05) is 13.0 Å². The van der Waals surface area contributed by atoms with E-state index in [9.17, 15) is 10.1 Å². The number of para-hydroxylation sites is 2. The number of hydrogen-bond donors (Lipinski definition) is 2. The van der Waals surface area contributed by atoms with Crippen LogP contribution in [-0.2, 0) is 16.1 Å². The van der Waals surface area contributed by atoms with Crippen molar-refractivity contribution in [3.63, 3.8) is 0 Å². The van der Waals surface area contributed by atoms with Gasteiger partial charge in [0.15, 0.2) is 23.9 Å². The van der Waals surface area contributed by atoms with Crippen LogP contribution in [0.15, 0.2) is 53.6 Å². The summed E-state index contributed by atoms with van der Waals surface area (Å²) in [5.74, 6) is 1.38. The van der Waals surface area contributed by atoms with Crippen LogP contribution in [-0.4, -0.2) is 45.0 Å². The van der Waals surface area contributed by atoms with E-state index in [0.29, 0.717) is 46.5 Å². The predicted octanol–water partition coefficient (Wildman–Crippen LogP) is 3.89. The van der Waals surface area contributed by atoms with Gasteiger partial charge in [-0.2, -0.15) is 10.4 Å². The molecule has 0 radical (unpaired) electrons. The number of methoxy groups -OCH3 is 3. The van der Waals surface area contributed by atoms with Crippen molar-refractivity contribution in [2.75, 3.05) is 38.7 Å². The van der Waals surface area contributed by atoms with Crippen LogP contribution in [0.5, 0.6) is 17.2 Å². The van der Waals surface area contributed by atoms with Gasteiger partial charge in [-0.05, 0) is 48.9 Å². The number of nitrogens with zero attached hydrogens (tertiary/aromatic N) is 3. The lowest BCUT2D eigenvalue weighted by Gasteiger charge is -2.13. The zero-order chi connectivity index (χ0) is 25.9. The van der Waals surface area contributed by atoms with E-state index in [1.54, 1.807) is 55.8 Å². The lowest BCUT2D eigenvalue weighted by atomic mass is 10.1. The zero-order valence-electron chi connectivity index (χ0n) is 20.5. The van der Waals surface area contributed by atoms with Crippen LogP contribution in [0.1, 0.15) is 22.4 Å². The molecule has 0 atom stereocenters. The smallest absolute Gasteiger partial charge is 0.262 e. The topological polar surface area (TPSA) is 127 Å². The number of pyridine rings is 1. The van der Waals surface area contributed by atoms with Gasteiger partial charge in [-0.15, -0.1) is 0 Å². The molecular weight excluding hydrogens is 462 g/mol. The molecule has 1 heterocycles. The summed E-state index contributed by atoms with van der Waals surface area (Å²) >= 11 is 0. The Morgan fingerprint density at radius 2 is 1.86 bits per heavy atom. The summed E-state index contributed by atoms with van der Waals surface area (Å²) < 4.78 is 21.5. The van der Waals surface area contributed by atoms with Crippen LogP contribution in [0.2, 0.25) is 0 Å². The first-order valence-electron chi connectivity index (χ1n) is 10.9. The normalized spacial score (nSPS) is 10.5. The molecule has 1 amide bonds. The molecule has 0 aliphatic carbocycles. The lowest BCUT2D eigenvalue weighted by molar-refractivity contribution is -0.118. The largest absolute Gasteiger partial charge is 0.495 e. The summed E-state index contributed by atoms with van der Waals surface area (Å²) in [6.07, 6.45) is 1.56. The fraction of sp³-hybridized carbons (Fsp3) is 0.231.